The molecule has 1 saturated heterocycles. The second kappa shape index (κ2) is 9.60. The number of benzene rings is 1. The third-order valence-corrected chi connectivity index (χ3v) is 3.35. The molecule has 2 N–H and O–H groups in total. The van der Waals surface area contributed by atoms with E-state index in [1.165, 1.54) is 5.56 Å². The molecule has 0 radical (unpaired) electrons. The molecule has 1 fully saturated rings. The zero-order valence-electron chi connectivity index (χ0n) is 12.4. The largest absolute Gasteiger partial charge is 0.484 e. The lowest BCUT2D eigenvalue weighted by atomic mass is 10.2. The highest BCUT2D eigenvalue weighted by molar-refractivity contribution is 5.85. The molecule has 1 aromatic rings. The highest BCUT2D eigenvalue weighted by Crippen LogP contribution is 2.10. The van der Waals surface area contributed by atoms with Crippen LogP contribution in [0.4, 0.5) is 0 Å². The molecule has 1 aliphatic heterocycles. The number of ether oxygens (including phenoxy) is 1. The molecule has 21 heavy (non-hydrogen) atoms. The fourth-order valence-electron chi connectivity index (χ4n) is 2.12. The Hall–Kier alpha value is -1.30. The smallest absolute Gasteiger partial charge is 0.257 e. The van der Waals surface area contributed by atoms with E-state index in [9.17, 15) is 4.79 Å². The van der Waals surface area contributed by atoms with Gasteiger partial charge in [0.25, 0.3) is 5.91 Å². The number of aryl methyl sites for hydroxylation is 1. The number of piperazine rings is 1. The highest BCUT2D eigenvalue weighted by atomic mass is 35.5. The van der Waals surface area contributed by atoms with Crippen molar-refractivity contribution in [3.63, 3.8) is 0 Å². The quantitative estimate of drug-likeness (QED) is 0.816. The Morgan fingerprint density at radius 2 is 1.95 bits per heavy atom. The molecule has 0 saturated carbocycles. The van der Waals surface area contributed by atoms with Crippen LogP contribution in [0.25, 0.3) is 0 Å². The van der Waals surface area contributed by atoms with Crippen molar-refractivity contribution in [2.75, 3.05) is 45.9 Å². The van der Waals surface area contributed by atoms with Crippen LogP contribution in [0.15, 0.2) is 24.3 Å². The van der Waals surface area contributed by atoms with Crippen LogP contribution < -0.4 is 15.4 Å². The molecule has 0 bridgehead atoms. The van der Waals surface area contributed by atoms with Gasteiger partial charge in [0.2, 0.25) is 0 Å². The first-order valence-electron chi connectivity index (χ1n) is 7.13. The minimum Gasteiger partial charge on any atom is -0.484 e. The zero-order valence-corrected chi connectivity index (χ0v) is 13.2. The summed E-state index contributed by atoms with van der Waals surface area (Å²) >= 11 is 0. The van der Waals surface area contributed by atoms with Crippen molar-refractivity contribution in [2.45, 2.75) is 6.92 Å². The number of rotatable bonds is 6. The lowest BCUT2D eigenvalue weighted by Gasteiger charge is -2.27. The van der Waals surface area contributed by atoms with Crippen LogP contribution in [-0.2, 0) is 4.79 Å². The Morgan fingerprint density at radius 1 is 1.29 bits per heavy atom. The lowest BCUT2D eigenvalue weighted by Crippen LogP contribution is -2.46. The molecule has 0 spiro atoms. The fourth-order valence-corrected chi connectivity index (χ4v) is 2.12. The standard InChI is InChI=1S/C15H23N3O2.ClH/c1-13-2-4-14(5-3-13)20-12-15(19)17-8-11-18-9-6-16-7-10-18;/h2-5,16H,6-12H2,1H3,(H,17,19);1H. The Labute approximate surface area is 132 Å². The van der Waals surface area contributed by atoms with Crippen molar-refractivity contribution in [3.05, 3.63) is 29.8 Å². The van der Waals surface area contributed by atoms with E-state index in [4.69, 9.17) is 4.74 Å². The van der Waals surface area contributed by atoms with Crippen molar-refractivity contribution < 1.29 is 9.53 Å². The van der Waals surface area contributed by atoms with Gasteiger partial charge in [0.05, 0.1) is 0 Å². The summed E-state index contributed by atoms with van der Waals surface area (Å²) in [6.07, 6.45) is 0. The molecule has 1 aliphatic rings. The lowest BCUT2D eigenvalue weighted by molar-refractivity contribution is -0.123. The number of nitrogens with one attached hydrogen (secondary N) is 2. The minimum absolute atomic E-state index is 0. The topological polar surface area (TPSA) is 53.6 Å². The SMILES string of the molecule is Cc1ccc(OCC(=O)NCCN2CCNCC2)cc1.Cl. The van der Waals surface area contributed by atoms with Gasteiger partial charge in [-0.1, -0.05) is 17.7 Å². The minimum atomic E-state index is -0.0688. The van der Waals surface area contributed by atoms with E-state index in [1.807, 2.05) is 31.2 Å². The summed E-state index contributed by atoms with van der Waals surface area (Å²) in [5.74, 6) is 0.661. The second-order valence-electron chi connectivity index (χ2n) is 5.04. The van der Waals surface area contributed by atoms with E-state index in [1.54, 1.807) is 0 Å². The summed E-state index contributed by atoms with van der Waals surface area (Å²) in [7, 11) is 0. The maximum absolute atomic E-state index is 11.7. The average Bonchev–Trinajstić information content (AvgIpc) is 2.48. The van der Waals surface area contributed by atoms with Gasteiger partial charge >= 0.3 is 0 Å². The van der Waals surface area contributed by atoms with Crippen LogP contribution in [0.1, 0.15) is 5.56 Å². The molecule has 5 nitrogen and oxygen atoms in total. The van der Waals surface area contributed by atoms with E-state index < -0.39 is 0 Å². The van der Waals surface area contributed by atoms with E-state index in [2.05, 4.69) is 15.5 Å². The molecular formula is C15H24ClN3O2. The molecule has 0 unspecified atom stereocenters. The van der Waals surface area contributed by atoms with E-state index in [-0.39, 0.29) is 24.9 Å². The van der Waals surface area contributed by atoms with E-state index in [0.717, 1.165) is 38.5 Å². The van der Waals surface area contributed by atoms with Crippen molar-refractivity contribution >= 4 is 18.3 Å². The fraction of sp³-hybridized carbons (Fsp3) is 0.533. The van der Waals surface area contributed by atoms with Gasteiger partial charge in [-0.2, -0.15) is 0 Å². The normalized spacial score (nSPS) is 15.1. The predicted molar refractivity (Wildman–Crippen MR) is 86.2 cm³/mol. The van der Waals surface area contributed by atoms with E-state index in [0.29, 0.717) is 6.54 Å². The average molecular weight is 314 g/mol. The molecule has 2 rings (SSSR count). The number of carbonyl (C=O) groups is 1. The molecule has 1 heterocycles. The maximum Gasteiger partial charge on any atom is 0.257 e. The van der Waals surface area contributed by atoms with Crippen molar-refractivity contribution in [3.8, 4) is 5.75 Å². The van der Waals surface area contributed by atoms with Gasteiger partial charge in [-0.15, -0.1) is 12.4 Å². The number of hydrogen-bond donors (Lipinski definition) is 2. The van der Waals surface area contributed by atoms with Crippen LogP contribution in [0.2, 0.25) is 0 Å². The number of amides is 1. The van der Waals surface area contributed by atoms with Gasteiger partial charge in [0.1, 0.15) is 5.75 Å². The zero-order chi connectivity index (χ0) is 14.2. The van der Waals surface area contributed by atoms with Gasteiger partial charge in [-0.05, 0) is 19.1 Å². The van der Waals surface area contributed by atoms with Crippen LogP contribution in [0, 0.1) is 6.92 Å². The van der Waals surface area contributed by atoms with Crippen molar-refractivity contribution in [1.82, 2.24) is 15.5 Å². The summed E-state index contributed by atoms with van der Waals surface area (Å²) < 4.78 is 5.43. The summed E-state index contributed by atoms with van der Waals surface area (Å²) in [6.45, 7) is 7.84. The maximum atomic E-state index is 11.7. The predicted octanol–water partition coefficient (Wildman–Crippen LogP) is 0.817. The molecule has 1 aromatic carbocycles. The number of nitrogens with zero attached hydrogens (tertiary/aromatic N) is 1. The monoisotopic (exact) mass is 313 g/mol. The van der Waals surface area contributed by atoms with Gasteiger partial charge in [0, 0.05) is 39.3 Å². The summed E-state index contributed by atoms with van der Waals surface area (Å²) in [5, 5.41) is 6.19. The van der Waals surface area contributed by atoms with Crippen LogP contribution in [0.5, 0.6) is 5.75 Å². The van der Waals surface area contributed by atoms with Crippen LogP contribution in [0.3, 0.4) is 0 Å². The number of halogens is 1. The van der Waals surface area contributed by atoms with Crippen molar-refractivity contribution in [2.24, 2.45) is 0 Å². The molecule has 118 valence electrons. The van der Waals surface area contributed by atoms with Gasteiger partial charge in [0.15, 0.2) is 6.61 Å². The highest BCUT2D eigenvalue weighted by Gasteiger charge is 2.09. The first-order chi connectivity index (χ1) is 9.74. The Balaban J connectivity index is 0.00000220. The number of carbonyl (C=O) groups excluding carboxylic acids is 1. The second-order valence-corrected chi connectivity index (χ2v) is 5.04. The Kier molecular flexibility index (Phi) is 8.12. The summed E-state index contributed by atoms with van der Waals surface area (Å²) in [5.41, 5.74) is 1.18. The molecule has 6 heteroatoms. The molecule has 1 amide bonds. The van der Waals surface area contributed by atoms with Crippen LogP contribution >= 0.6 is 12.4 Å². The van der Waals surface area contributed by atoms with Crippen molar-refractivity contribution in [1.29, 1.82) is 0 Å². The summed E-state index contributed by atoms with van der Waals surface area (Å²) in [4.78, 5) is 14.0. The molecule has 0 aromatic heterocycles. The third-order valence-electron chi connectivity index (χ3n) is 3.35. The summed E-state index contributed by atoms with van der Waals surface area (Å²) in [6, 6.07) is 7.70. The molecule has 0 aliphatic carbocycles. The molecular weight excluding hydrogens is 290 g/mol. The first-order valence-corrected chi connectivity index (χ1v) is 7.13. The van der Waals surface area contributed by atoms with Gasteiger partial charge < -0.3 is 15.4 Å². The molecule has 0 atom stereocenters. The Bertz CT molecular complexity index is 419. The van der Waals surface area contributed by atoms with E-state index >= 15 is 0 Å². The van der Waals surface area contributed by atoms with Gasteiger partial charge in [-0.25, -0.2) is 0 Å². The van der Waals surface area contributed by atoms with Crippen LogP contribution in [-0.4, -0.2) is 56.7 Å². The Morgan fingerprint density at radius 3 is 2.62 bits per heavy atom. The van der Waals surface area contributed by atoms with Gasteiger partial charge in [-0.3, -0.25) is 9.69 Å². The first kappa shape index (κ1) is 17.8. The third kappa shape index (κ3) is 6.80. The number of hydrogen-bond acceptors (Lipinski definition) is 4.